The molecule has 2 aromatic carbocycles. The van der Waals surface area contributed by atoms with Gasteiger partial charge in [-0.1, -0.05) is 29.8 Å². The number of fused-ring (bicyclic) bond motifs is 1. The predicted octanol–water partition coefficient (Wildman–Crippen LogP) is 2.42. The summed E-state index contributed by atoms with van der Waals surface area (Å²) in [6.45, 7) is 2.18. The minimum absolute atomic E-state index is 0.148. The van der Waals surface area contributed by atoms with Gasteiger partial charge in [0, 0.05) is 11.3 Å². The van der Waals surface area contributed by atoms with Crippen LogP contribution in [0.2, 0.25) is 0 Å². The quantitative estimate of drug-likeness (QED) is 0.803. The molecule has 0 saturated heterocycles. The molecule has 0 aromatic heterocycles. The van der Waals surface area contributed by atoms with Crippen molar-refractivity contribution in [3.8, 4) is 11.5 Å². The van der Waals surface area contributed by atoms with Gasteiger partial charge in [-0.25, -0.2) is 0 Å². The van der Waals surface area contributed by atoms with E-state index in [0.29, 0.717) is 17.1 Å². The van der Waals surface area contributed by atoms with Crippen molar-refractivity contribution >= 4 is 23.6 Å². The van der Waals surface area contributed by atoms with Crippen LogP contribution in [0.4, 0.5) is 0 Å². The highest BCUT2D eigenvalue weighted by molar-refractivity contribution is 7.99. The highest BCUT2D eigenvalue weighted by Crippen LogP contribution is 2.32. The van der Waals surface area contributed by atoms with Crippen LogP contribution in [-0.4, -0.2) is 24.4 Å². The minimum Gasteiger partial charge on any atom is -0.454 e. The molecule has 2 amide bonds. The summed E-state index contributed by atoms with van der Waals surface area (Å²) in [4.78, 5) is 23.9. The summed E-state index contributed by atoms with van der Waals surface area (Å²) in [6.07, 6.45) is 0. The van der Waals surface area contributed by atoms with Crippen molar-refractivity contribution in [2.45, 2.75) is 12.7 Å². The molecule has 0 aliphatic carbocycles. The molecule has 0 fully saturated rings. The Morgan fingerprint density at radius 2 is 1.80 bits per heavy atom. The fraction of sp³-hybridized carbons (Fsp3) is 0.222. The zero-order chi connectivity index (χ0) is 17.6. The lowest BCUT2D eigenvalue weighted by Gasteiger charge is -2.08. The van der Waals surface area contributed by atoms with Crippen molar-refractivity contribution in [3.05, 3.63) is 59.2 Å². The summed E-state index contributed by atoms with van der Waals surface area (Å²) < 4.78 is 10.4. The topological polar surface area (TPSA) is 76.7 Å². The Morgan fingerprint density at radius 3 is 2.60 bits per heavy atom. The largest absolute Gasteiger partial charge is 0.454 e. The first-order valence-electron chi connectivity index (χ1n) is 7.74. The third-order valence-electron chi connectivity index (χ3n) is 3.57. The van der Waals surface area contributed by atoms with Crippen molar-refractivity contribution in [1.29, 1.82) is 0 Å². The first-order chi connectivity index (χ1) is 12.1. The standard InChI is InChI=1S/C18H18N2O4S/c1-12-2-4-13(5-3-12)9-25-10-17(21)19-20-18(22)14-6-7-15-16(8-14)24-11-23-15/h2-8H,9-11H2,1H3,(H,19,21)(H,20,22). The molecular weight excluding hydrogens is 340 g/mol. The van der Waals surface area contributed by atoms with E-state index in [4.69, 9.17) is 9.47 Å². The zero-order valence-corrected chi connectivity index (χ0v) is 14.5. The number of benzene rings is 2. The average molecular weight is 358 g/mol. The zero-order valence-electron chi connectivity index (χ0n) is 13.7. The molecule has 0 atom stereocenters. The van der Waals surface area contributed by atoms with E-state index in [9.17, 15) is 9.59 Å². The Morgan fingerprint density at radius 1 is 1.04 bits per heavy atom. The van der Waals surface area contributed by atoms with Crippen LogP contribution < -0.4 is 20.3 Å². The second-order valence-electron chi connectivity index (χ2n) is 5.55. The SMILES string of the molecule is Cc1ccc(CSCC(=O)NNC(=O)c2ccc3c(c2)OCO3)cc1. The lowest BCUT2D eigenvalue weighted by atomic mass is 10.2. The third kappa shape index (κ3) is 4.67. The van der Waals surface area contributed by atoms with E-state index in [-0.39, 0.29) is 18.5 Å². The Bertz CT molecular complexity index is 777. The summed E-state index contributed by atoms with van der Waals surface area (Å²) in [5, 5.41) is 0. The van der Waals surface area contributed by atoms with Crippen molar-refractivity contribution in [2.24, 2.45) is 0 Å². The van der Waals surface area contributed by atoms with Crippen LogP contribution in [0.1, 0.15) is 21.5 Å². The van der Waals surface area contributed by atoms with Crippen LogP contribution >= 0.6 is 11.8 Å². The highest BCUT2D eigenvalue weighted by Gasteiger charge is 2.16. The van der Waals surface area contributed by atoms with Gasteiger partial charge in [-0.05, 0) is 30.7 Å². The molecule has 1 aliphatic rings. The van der Waals surface area contributed by atoms with Crippen LogP contribution in [0.3, 0.4) is 0 Å². The lowest BCUT2D eigenvalue weighted by Crippen LogP contribution is -2.42. The van der Waals surface area contributed by atoms with E-state index in [1.807, 2.05) is 31.2 Å². The number of carbonyl (C=O) groups excluding carboxylic acids is 2. The molecule has 0 spiro atoms. The van der Waals surface area contributed by atoms with Crippen LogP contribution in [0.25, 0.3) is 0 Å². The molecule has 6 nitrogen and oxygen atoms in total. The van der Waals surface area contributed by atoms with Gasteiger partial charge in [0.1, 0.15) is 0 Å². The van der Waals surface area contributed by atoms with E-state index in [1.165, 1.54) is 17.3 Å². The van der Waals surface area contributed by atoms with Crippen molar-refractivity contribution in [2.75, 3.05) is 12.5 Å². The molecule has 2 N–H and O–H groups in total. The summed E-state index contributed by atoms with van der Waals surface area (Å²) in [7, 11) is 0. The molecule has 1 heterocycles. The number of aryl methyl sites for hydroxylation is 1. The van der Waals surface area contributed by atoms with E-state index in [1.54, 1.807) is 18.2 Å². The van der Waals surface area contributed by atoms with Crippen molar-refractivity contribution in [1.82, 2.24) is 10.9 Å². The monoisotopic (exact) mass is 358 g/mol. The molecule has 130 valence electrons. The maximum atomic E-state index is 12.0. The summed E-state index contributed by atoms with van der Waals surface area (Å²) in [5.74, 6) is 1.46. The van der Waals surface area contributed by atoms with E-state index in [0.717, 1.165) is 11.3 Å². The lowest BCUT2D eigenvalue weighted by molar-refractivity contribution is -0.119. The highest BCUT2D eigenvalue weighted by atomic mass is 32.2. The van der Waals surface area contributed by atoms with Crippen LogP contribution in [0.5, 0.6) is 11.5 Å². The van der Waals surface area contributed by atoms with Crippen molar-refractivity contribution in [3.63, 3.8) is 0 Å². The van der Waals surface area contributed by atoms with Gasteiger partial charge >= 0.3 is 0 Å². The first-order valence-corrected chi connectivity index (χ1v) is 8.89. The Kier molecular flexibility index (Phi) is 5.45. The van der Waals surface area contributed by atoms with E-state index >= 15 is 0 Å². The number of rotatable bonds is 5. The molecule has 7 heteroatoms. The Hall–Kier alpha value is -2.67. The molecular formula is C18H18N2O4S. The Balaban J connectivity index is 1.41. The fourth-order valence-corrected chi connectivity index (χ4v) is 3.01. The number of hydrogen-bond donors (Lipinski definition) is 2. The van der Waals surface area contributed by atoms with Crippen LogP contribution in [-0.2, 0) is 10.5 Å². The van der Waals surface area contributed by atoms with Gasteiger partial charge in [0.05, 0.1) is 5.75 Å². The summed E-state index contributed by atoms with van der Waals surface area (Å²) in [6, 6.07) is 13.0. The normalized spacial score (nSPS) is 11.9. The number of amides is 2. The number of hydrazine groups is 1. The molecule has 0 bridgehead atoms. The van der Waals surface area contributed by atoms with Gasteiger partial charge < -0.3 is 9.47 Å². The minimum atomic E-state index is -0.407. The van der Waals surface area contributed by atoms with Gasteiger partial charge in [-0.2, -0.15) is 0 Å². The smallest absolute Gasteiger partial charge is 0.269 e. The van der Waals surface area contributed by atoms with Crippen LogP contribution in [0.15, 0.2) is 42.5 Å². The fourth-order valence-electron chi connectivity index (χ4n) is 2.22. The van der Waals surface area contributed by atoms with Crippen molar-refractivity contribution < 1.29 is 19.1 Å². The van der Waals surface area contributed by atoms with Gasteiger partial charge in [0.25, 0.3) is 5.91 Å². The molecule has 25 heavy (non-hydrogen) atoms. The predicted molar refractivity (Wildman–Crippen MR) is 95.5 cm³/mol. The number of thioether (sulfide) groups is 1. The average Bonchev–Trinajstić information content (AvgIpc) is 3.09. The van der Waals surface area contributed by atoms with E-state index in [2.05, 4.69) is 10.9 Å². The molecule has 0 radical (unpaired) electrons. The van der Waals surface area contributed by atoms with Gasteiger partial charge in [0.15, 0.2) is 11.5 Å². The summed E-state index contributed by atoms with van der Waals surface area (Å²) >= 11 is 1.48. The number of hydrogen-bond acceptors (Lipinski definition) is 5. The number of carbonyl (C=O) groups is 2. The second kappa shape index (κ2) is 7.94. The molecule has 2 aromatic rings. The molecule has 3 rings (SSSR count). The first kappa shape index (κ1) is 17.2. The molecule has 0 unspecified atom stereocenters. The van der Waals surface area contributed by atoms with Gasteiger partial charge in [-0.3, -0.25) is 20.4 Å². The maximum Gasteiger partial charge on any atom is 0.269 e. The summed E-state index contributed by atoms with van der Waals surface area (Å²) in [5.41, 5.74) is 7.56. The Labute approximate surface area is 149 Å². The molecule has 1 aliphatic heterocycles. The van der Waals surface area contributed by atoms with Crippen LogP contribution in [0, 0.1) is 6.92 Å². The van der Waals surface area contributed by atoms with E-state index < -0.39 is 5.91 Å². The third-order valence-corrected chi connectivity index (χ3v) is 4.58. The van der Waals surface area contributed by atoms with Gasteiger partial charge in [0.2, 0.25) is 12.7 Å². The van der Waals surface area contributed by atoms with Gasteiger partial charge in [-0.15, -0.1) is 11.8 Å². The number of ether oxygens (including phenoxy) is 2. The maximum absolute atomic E-state index is 12.0. The molecule has 0 saturated carbocycles. The number of nitrogens with one attached hydrogen (secondary N) is 2. The second-order valence-corrected chi connectivity index (χ2v) is 6.53.